The molecular formula is C5H11NS2. The van der Waals surface area contributed by atoms with Crippen LogP contribution < -0.4 is 0 Å². The van der Waals surface area contributed by atoms with Crippen molar-refractivity contribution in [3.8, 4) is 0 Å². The summed E-state index contributed by atoms with van der Waals surface area (Å²) in [4.78, 5) is 0. The predicted molar refractivity (Wildman–Crippen MR) is 42.1 cm³/mol. The molecule has 1 aliphatic carbocycles. The van der Waals surface area contributed by atoms with Crippen molar-refractivity contribution in [2.75, 3.05) is 0 Å². The normalized spacial score (nSPS) is 22.9. The van der Waals surface area contributed by atoms with Crippen molar-refractivity contribution >= 4 is 25.6 Å². The highest BCUT2D eigenvalue weighted by molar-refractivity contribution is 7.93. The molecule has 0 amide bonds. The molecule has 0 aromatic rings. The molecule has 1 saturated carbocycles. The van der Waals surface area contributed by atoms with E-state index in [4.69, 9.17) is 0 Å². The number of hydrogen-bond donors (Lipinski definition) is 2. The van der Waals surface area contributed by atoms with Crippen molar-refractivity contribution in [3.63, 3.8) is 0 Å². The van der Waals surface area contributed by atoms with E-state index in [2.05, 4.69) is 25.6 Å². The summed E-state index contributed by atoms with van der Waals surface area (Å²) in [6.45, 7) is 0. The molecule has 1 fully saturated rings. The maximum atomic E-state index is 4.09. The van der Waals surface area contributed by atoms with Crippen LogP contribution in [0.15, 0.2) is 0 Å². The summed E-state index contributed by atoms with van der Waals surface area (Å²) in [7, 11) is 0. The number of hydrogen-bond acceptors (Lipinski definition) is 3. The first-order valence-electron chi connectivity index (χ1n) is 2.97. The van der Waals surface area contributed by atoms with Gasteiger partial charge in [-0.2, -0.15) is 3.71 Å². The highest BCUT2D eigenvalue weighted by Crippen LogP contribution is 2.25. The standard InChI is InChI=1S/C5H11NS2/c7-6(8)5-3-1-2-4-5/h5,7-8H,1-4H2. The van der Waals surface area contributed by atoms with Gasteiger partial charge in [0.15, 0.2) is 0 Å². The third kappa shape index (κ3) is 1.57. The molecule has 1 nitrogen and oxygen atoms in total. The fourth-order valence-electron chi connectivity index (χ4n) is 1.14. The van der Waals surface area contributed by atoms with Crippen molar-refractivity contribution in [1.82, 2.24) is 3.71 Å². The van der Waals surface area contributed by atoms with Gasteiger partial charge in [-0.1, -0.05) is 38.5 Å². The van der Waals surface area contributed by atoms with Gasteiger partial charge in [-0.3, -0.25) is 0 Å². The lowest BCUT2D eigenvalue weighted by Crippen LogP contribution is -2.13. The average Bonchev–Trinajstić information content (AvgIpc) is 2.12. The Kier molecular flexibility index (Phi) is 2.53. The van der Waals surface area contributed by atoms with E-state index in [1.807, 2.05) is 0 Å². The van der Waals surface area contributed by atoms with Gasteiger partial charge in [-0.05, 0) is 12.8 Å². The quantitative estimate of drug-likeness (QED) is 0.539. The number of thiol groups is 2. The SMILES string of the molecule is SN(S)C1CCCC1. The number of rotatable bonds is 1. The monoisotopic (exact) mass is 149 g/mol. The maximum Gasteiger partial charge on any atom is 0.0310 e. The van der Waals surface area contributed by atoms with Crippen LogP contribution in [-0.2, 0) is 0 Å². The molecule has 8 heavy (non-hydrogen) atoms. The summed E-state index contributed by atoms with van der Waals surface area (Å²) in [5.74, 6) is 0. The first-order chi connectivity index (χ1) is 3.80. The lowest BCUT2D eigenvalue weighted by molar-refractivity contribution is 0.532. The fraction of sp³-hybridized carbons (Fsp3) is 1.00. The minimum atomic E-state index is 0.627. The van der Waals surface area contributed by atoms with Crippen LogP contribution >= 0.6 is 25.6 Å². The van der Waals surface area contributed by atoms with Crippen molar-refractivity contribution in [1.29, 1.82) is 0 Å². The minimum absolute atomic E-state index is 0.627. The molecule has 1 rings (SSSR count). The summed E-state index contributed by atoms with van der Waals surface area (Å²) < 4.78 is 1.73. The van der Waals surface area contributed by atoms with Crippen LogP contribution in [-0.4, -0.2) is 9.75 Å². The molecule has 0 saturated heterocycles. The molecule has 3 heteroatoms. The molecule has 0 radical (unpaired) electrons. The largest absolute Gasteiger partial charge is 0.197 e. The summed E-state index contributed by atoms with van der Waals surface area (Å²) in [5, 5.41) is 0. The molecule has 0 aromatic heterocycles. The first-order valence-corrected chi connectivity index (χ1v) is 3.77. The van der Waals surface area contributed by atoms with Crippen molar-refractivity contribution in [2.24, 2.45) is 0 Å². The van der Waals surface area contributed by atoms with Crippen LogP contribution in [0.4, 0.5) is 0 Å². The topological polar surface area (TPSA) is 3.24 Å². The zero-order chi connectivity index (χ0) is 5.98. The molecule has 0 N–H and O–H groups in total. The Morgan fingerprint density at radius 1 is 1.12 bits per heavy atom. The van der Waals surface area contributed by atoms with Crippen LogP contribution in [0.3, 0.4) is 0 Å². The van der Waals surface area contributed by atoms with E-state index in [-0.39, 0.29) is 0 Å². The molecule has 1 aliphatic rings. The molecule has 0 spiro atoms. The van der Waals surface area contributed by atoms with E-state index in [9.17, 15) is 0 Å². The van der Waals surface area contributed by atoms with E-state index < -0.39 is 0 Å². The molecular weight excluding hydrogens is 138 g/mol. The second-order valence-electron chi connectivity index (χ2n) is 2.26. The third-order valence-electron chi connectivity index (χ3n) is 1.65. The maximum absolute atomic E-state index is 4.09. The first kappa shape index (κ1) is 6.78. The molecule has 0 aliphatic heterocycles. The molecule has 0 bridgehead atoms. The van der Waals surface area contributed by atoms with Gasteiger partial charge in [0.05, 0.1) is 0 Å². The Morgan fingerprint density at radius 2 is 1.62 bits per heavy atom. The van der Waals surface area contributed by atoms with Crippen LogP contribution in [0, 0.1) is 0 Å². The summed E-state index contributed by atoms with van der Waals surface area (Å²) in [6, 6.07) is 0.627. The second kappa shape index (κ2) is 2.99. The third-order valence-corrected chi connectivity index (χ3v) is 2.30. The van der Waals surface area contributed by atoms with E-state index in [1.165, 1.54) is 25.7 Å². The molecule has 0 atom stereocenters. The van der Waals surface area contributed by atoms with Crippen LogP contribution in [0.25, 0.3) is 0 Å². The van der Waals surface area contributed by atoms with Crippen LogP contribution in [0.1, 0.15) is 25.7 Å². The number of nitrogens with zero attached hydrogens (tertiary/aromatic N) is 1. The molecule has 0 unspecified atom stereocenters. The van der Waals surface area contributed by atoms with Gasteiger partial charge in [0.2, 0.25) is 0 Å². The van der Waals surface area contributed by atoms with Crippen molar-refractivity contribution in [3.05, 3.63) is 0 Å². The zero-order valence-electron chi connectivity index (χ0n) is 4.75. The van der Waals surface area contributed by atoms with Crippen molar-refractivity contribution < 1.29 is 0 Å². The van der Waals surface area contributed by atoms with E-state index in [0.29, 0.717) is 6.04 Å². The predicted octanol–water partition coefficient (Wildman–Crippen LogP) is 1.92. The highest BCUT2D eigenvalue weighted by Gasteiger charge is 2.17. The molecule has 0 aromatic carbocycles. The van der Waals surface area contributed by atoms with Crippen LogP contribution in [0.5, 0.6) is 0 Å². The van der Waals surface area contributed by atoms with E-state index >= 15 is 0 Å². The van der Waals surface area contributed by atoms with Gasteiger partial charge >= 0.3 is 0 Å². The smallest absolute Gasteiger partial charge is 0.0310 e. The van der Waals surface area contributed by atoms with Gasteiger partial charge in [0.25, 0.3) is 0 Å². The van der Waals surface area contributed by atoms with Gasteiger partial charge in [-0.15, -0.1) is 0 Å². The second-order valence-corrected chi connectivity index (χ2v) is 3.44. The Hall–Kier alpha value is 0.660. The Bertz CT molecular complexity index is 68.8. The van der Waals surface area contributed by atoms with Gasteiger partial charge in [0.1, 0.15) is 0 Å². The Morgan fingerprint density at radius 3 is 1.88 bits per heavy atom. The Labute approximate surface area is 61.5 Å². The van der Waals surface area contributed by atoms with E-state index in [0.717, 1.165) is 0 Å². The van der Waals surface area contributed by atoms with Crippen LogP contribution in [0.2, 0.25) is 0 Å². The minimum Gasteiger partial charge on any atom is -0.197 e. The summed E-state index contributed by atoms with van der Waals surface area (Å²) in [5.41, 5.74) is 0. The molecule has 0 heterocycles. The summed E-state index contributed by atoms with van der Waals surface area (Å²) in [6.07, 6.45) is 5.24. The zero-order valence-corrected chi connectivity index (χ0v) is 6.54. The van der Waals surface area contributed by atoms with E-state index in [1.54, 1.807) is 3.71 Å². The fourth-order valence-corrected chi connectivity index (χ4v) is 1.60. The lowest BCUT2D eigenvalue weighted by atomic mass is 10.3. The Balaban J connectivity index is 2.24. The van der Waals surface area contributed by atoms with Gasteiger partial charge < -0.3 is 0 Å². The summed E-state index contributed by atoms with van der Waals surface area (Å²) >= 11 is 8.18. The highest BCUT2D eigenvalue weighted by atomic mass is 32.2. The van der Waals surface area contributed by atoms with Crippen molar-refractivity contribution in [2.45, 2.75) is 31.7 Å². The average molecular weight is 149 g/mol. The van der Waals surface area contributed by atoms with Gasteiger partial charge in [0, 0.05) is 6.04 Å². The lowest BCUT2D eigenvalue weighted by Gasteiger charge is -2.13. The van der Waals surface area contributed by atoms with Gasteiger partial charge in [-0.25, -0.2) is 0 Å². The molecule has 48 valence electrons.